The molecule has 96 valence electrons. The average Bonchev–Trinajstić information content (AvgIpc) is 2.20. The van der Waals surface area contributed by atoms with E-state index in [4.69, 9.17) is 4.74 Å². The molecule has 1 aliphatic rings. The number of hydrogen-bond acceptors (Lipinski definition) is 2. The van der Waals surface area contributed by atoms with Crippen molar-refractivity contribution in [1.82, 2.24) is 5.32 Å². The third-order valence-electron chi connectivity index (χ3n) is 3.54. The van der Waals surface area contributed by atoms with Crippen LogP contribution in [0.25, 0.3) is 0 Å². The molecule has 2 heteroatoms. The second kappa shape index (κ2) is 7.29. The first-order chi connectivity index (χ1) is 7.59. The third-order valence-corrected chi connectivity index (χ3v) is 3.54. The zero-order chi connectivity index (χ0) is 12.0. The Morgan fingerprint density at radius 2 is 2.00 bits per heavy atom. The molecular formula is C14H29NO. The van der Waals surface area contributed by atoms with E-state index in [9.17, 15) is 0 Å². The topological polar surface area (TPSA) is 21.3 Å². The van der Waals surface area contributed by atoms with E-state index in [-0.39, 0.29) is 0 Å². The highest BCUT2D eigenvalue weighted by Crippen LogP contribution is 2.28. The molecule has 0 heterocycles. The molecule has 16 heavy (non-hydrogen) atoms. The molecule has 0 aromatic rings. The smallest absolute Gasteiger partial charge is 0.0591 e. The first-order valence-electron chi connectivity index (χ1n) is 6.90. The van der Waals surface area contributed by atoms with Crippen molar-refractivity contribution in [3.05, 3.63) is 0 Å². The summed E-state index contributed by atoms with van der Waals surface area (Å²) in [5, 5.41) is 3.64. The van der Waals surface area contributed by atoms with Crippen LogP contribution in [0.4, 0.5) is 0 Å². The number of ether oxygens (including phenoxy) is 1. The van der Waals surface area contributed by atoms with Gasteiger partial charge in [-0.3, -0.25) is 0 Å². The van der Waals surface area contributed by atoms with Crippen LogP contribution in [-0.4, -0.2) is 25.8 Å². The molecule has 0 bridgehead atoms. The summed E-state index contributed by atoms with van der Waals surface area (Å²) in [7, 11) is 0. The molecule has 3 atom stereocenters. The fraction of sp³-hybridized carbons (Fsp3) is 1.00. The zero-order valence-corrected chi connectivity index (χ0v) is 11.5. The van der Waals surface area contributed by atoms with Crippen LogP contribution in [0.5, 0.6) is 0 Å². The monoisotopic (exact) mass is 227 g/mol. The van der Waals surface area contributed by atoms with E-state index in [1.807, 2.05) is 0 Å². The summed E-state index contributed by atoms with van der Waals surface area (Å²) in [6, 6.07) is 0.721. The molecule has 0 aromatic heterocycles. The maximum absolute atomic E-state index is 5.58. The molecule has 1 N–H and O–H groups in total. The van der Waals surface area contributed by atoms with Crippen molar-refractivity contribution in [2.45, 2.75) is 53.0 Å². The second-order valence-corrected chi connectivity index (χ2v) is 5.92. The summed E-state index contributed by atoms with van der Waals surface area (Å²) in [5.41, 5.74) is 0. The first-order valence-corrected chi connectivity index (χ1v) is 6.90. The standard InChI is InChI=1S/C14H29NO/c1-11(2)10-16-8-7-15-14-6-5-12(3)9-13(14)4/h11-15H,5-10H2,1-4H3. The van der Waals surface area contributed by atoms with Gasteiger partial charge in [-0.15, -0.1) is 0 Å². The fourth-order valence-electron chi connectivity index (χ4n) is 2.60. The summed E-state index contributed by atoms with van der Waals surface area (Å²) in [6.45, 7) is 11.9. The van der Waals surface area contributed by atoms with Gasteiger partial charge in [-0.25, -0.2) is 0 Å². The summed E-state index contributed by atoms with van der Waals surface area (Å²) < 4.78 is 5.58. The Labute approximate surface area is 101 Å². The molecule has 0 radical (unpaired) electrons. The molecule has 1 aliphatic carbocycles. The van der Waals surface area contributed by atoms with Crippen molar-refractivity contribution in [3.8, 4) is 0 Å². The summed E-state index contributed by atoms with van der Waals surface area (Å²) in [6.07, 6.45) is 4.10. The Hall–Kier alpha value is -0.0800. The highest BCUT2D eigenvalue weighted by Gasteiger charge is 2.24. The van der Waals surface area contributed by atoms with Gasteiger partial charge in [-0.05, 0) is 37.0 Å². The lowest BCUT2D eigenvalue weighted by Gasteiger charge is -2.33. The van der Waals surface area contributed by atoms with E-state index in [2.05, 4.69) is 33.0 Å². The zero-order valence-electron chi connectivity index (χ0n) is 11.5. The fourth-order valence-corrected chi connectivity index (χ4v) is 2.60. The van der Waals surface area contributed by atoms with Crippen molar-refractivity contribution >= 4 is 0 Å². The van der Waals surface area contributed by atoms with Gasteiger partial charge in [-0.1, -0.05) is 27.7 Å². The Bertz CT molecular complexity index is 182. The minimum atomic E-state index is 0.648. The Kier molecular flexibility index (Phi) is 6.37. The van der Waals surface area contributed by atoms with Crippen molar-refractivity contribution in [2.24, 2.45) is 17.8 Å². The minimum Gasteiger partial charge on any atom is -0.380 e. The van der Waals surface area contributed by atoms with E-state index >= 15 is 0 Å². The van der Waals surface area contributed by atoms with Gasteiger partial charge in [0.25, 0.3) is 0 Å². The van der Waals surface area contributed by atoms with Crippen molar-refractivity contribution in [2.75, 3.05) is 19.8 Å². The van der Waals surface area contributed by atoms with E-state index in [0.717, 1.165) is 37.6 Å². The molecule has 3 unspecified atom stereocenters. The lowest BCUT2D eigenvalue weighted by Crippen LogP contribution is -2.40. The average molecular weight is 227 g/mol. The van der Waals surface area contributed by atoms with Crippen molar-refractivity contribution in [1.29, 1.82) is 0 Å². The van der Waals surface area contributed by atoms with Gasteiger partial charge >= 0.3 is 0 Å². The minimum absolute atomic E-state index is 0.648. The van der Waals surface area contributed by atoms with Gasteiger partial charge in [-0.2, -0.15) is 0 Å². The Morgan fingerprint density at radius 3 is 2.62 bits per heavy atom. The molecule has 2 nitrogen and oxygen atoms in total. The van der Waals surface area contributed by atoms with Gasteiger partial charge in [0.15, 0.2) is 0 Å². The number of hydrogen-bond donors (Lipinski definition) is 1. The molecule has 0 aliphatic heterocycles. The Balaban J connectivity index is 2.04. The van der Waals surface area contributed by atoms with Crippen LogP contribution in [-0.2, 0) is 4.74 Å². The molecular weight excluding hydrogens is 198 g/mol. The lowest BCUT2D eigenvalue weighted by atomic mass is 9.80. The van der Waals surface area contributed by atoms with E-state index in [0.29, 0.717) is 5.92 Å². The molecule has 0 saturated heterocycles. The van der Waals surface area contributed by atoms with Crippen LogP contribution in [0.15, 0.2) is 0 Å². The van der Waals surface area contributed by atoms with E-state index in [1.165, 1.54) is 19.3 Å². The first kappa shape index (κ1) is 14.0. The third kappa shape index (κ3) is 5.31. The highest BCUT2D eigenvalue weighted by molar-refractivity contribution is 4.80. The van der Waals surface area contributed by atoms with Crippen LogP contribution < -0.4 is 5.32 Å². The lowest BCUT2D eigenvalue weighted by molar-refractivity contribution is 0.105. The normalized spacial score (nSPS) is 30.9. The van der Waals surface area contributed by atoms with Gasteiger partial charge in [0.05, 0.1) is 6.61 Å². The second-order valence-electron chi connectivity index (χ2n) is 5.92. The summed E-state index contributed by atoms with van der Waals surface area (Å²) in [4.78, 5) is 0. The molecule has 1 fully saturated rings. The summed E-state index contributed by atoms with van der Waals surface area (Å²) in [5.74, 6) is 2.40. The van der Waals surface area contributed by atoms with E-state index < -0.39 is 0 Å². The molecule has 0 spiro atoms. The van der Waals surface area contributed by atoms with E-state index in [1.54, 1.807) is 0 Å². The predicted octanol–water partition coefficient (Wildman–Crippen LogP) is 3.07. The number of rotatable bonds is 6. The van der Waals surface area contributed by atoms with Gasteiger partial charge < -0.3 is 10.1 Å². The SMILES string of the molecule is CC(C)COCCNC1CCC(C)CC1C. The summed E-state index contributed by atoms with van der Waals surface area (Å²) >= 11 is 0. The van der Waals surface area contributed by atoms with Gasteiger partial charge in [0, 0.05) is 19.2 Å². The maximum Gasteiger partial charge on any atom is 0.0591 e. The molecule has 0 aromatic carbocycles. The van der Waals surface area contributed by atoms with Gasteiger partial charge in [0.1, 0.15) is 0 Å². The molecule has 1 rings (SSSR count). The van der Waals surface area contributed by atoms with Crippen LogP contribution >= 0.6 is 0 Å². The predicted molar refractivity (Wildman–Crippen MR) is 69.6 cm³/mol. The highest BCUT2D eigenvalue weighted by atomic mass is 16.5. The maximum atomic E-state index is 5.58. The molecule has 0 amide bonds. The van der Waals surface area contributed by atoms with Crippen LogP contribution in [0.3, 0.4) is 0 Å². The van der Waals surface area contributed by atoms with Crippen molar-refractivity contribution in [3.63, 3.8) is 0 Å². The van der Waals surface area contributed by atoms with Gasteiger partial charge in [0.2, 0.25) is 0 Å². The number of nitrogens with one attached hydrogen (secondary N) is 1. The van der Waals surface area contributed by atoms with Crippen LogP contribution in [0.2, 0.25) is 0 Å². The largest absolute Gasteiger partial charge is 0.380 e. The quantitative estimate of drug-likeness (QED) is 0.704. The van der Waals surface area contributed by atoms with Crippen LogP contribution in [0, 0.1) is 17.8 Å². The Morgan fingerprint density at radius 1 is 1.25 bits per heavy atom. The molecule has 1 saturated carbocycles. The van der Waals surface area contributed by atoms with Crippen LogP contribution in [0.1, 0.15) is 47.0 Å². The van der Waals surface area contributed by atoms with Crippen molar-refractivity contribution < 1.29 is 4.74 Å².